The van der Waals surface area contributed by atoms with Crippen LogP contribution in [0, 0.1) is 0 Å². The Bertz CT molecular complexity index is 118. The van der Waals surface area contributed by atoms with Crippen molar-refractivity contribution in [3.05, 3.63) is 0 Å². The van der Waals surface area contributed by atoms with E-state index in [2.05, 4.69) is 0 Å². The van der Waals surface area contributed by atoms with E-state index >= 15 is 0 Å². The van der Waals surface area contributed by atoms with Gasteiger partial charge in [-0.1, -0.05) is 0 Å². The third kappa shape index (κ3) is 235. The van der Waals surface area contributed by atoms with Crippen LogP contribution < -0.4 is 103 Å². The Hall–Kier alpha value is 2.73. The maximum atomic E-state index is 8.74. The van der Waals surface area contributed by atoms with Crippen LogP contribution >= 0.6 is 7.82 Å². The number of rotatable bonds is 0. The van der Waals surface area contributed by atoms with Crippen LogP contribution in [0.4, 0.5) is 0 Å². The molecule has 2 N–H and O–H groups in total. The second kappa shape index (κ2) is 16.2. The predicted molar refractivity (Wildman–Crippen MR) is 18.5 cm³/mol. The fraction of sp³-hybridized carbons (Fsp3) is 0. The number of hydrogen-bond acceptors (Lipinski definition) is 5. The van der Waals surface area contributed by atoms with Gasteiger partial charge in [-0.2, -0.15) is 7.82 Å². The smallest absolute Gasteiger partial charge is 0.822 e. The Kier molecular flexibility index (Phi) is 39.5. The monoisotopic (exact) mass is 242 g/mol. The molecule has 0 aliphatic carbocycles. The molecule has 7 nitrogen and oxygen atoms in total. The fourth-order valence-electron chi connectivity index (χ4n) is 0. The summed E-state index contributed by atoms with van der Waals surface area (Å²) in [6.45, 7) is 0. The minimum absolute atomic E-state index is 0. The van der Waals surface area contributed by atoms with Gasteiger partial charge in [0.15, 0.2) is 0 Å². The summed E-state index contributed by atoms with van der Waals surface area (Å²) < 4.78 is 17.3. The van der Waals surface area contributed by atoms with Gasteiger partial charge in [0.1, 0.15) is 0 Å². The van der Waals surface area contributed by atoms with Gasteiger partial charge in [0.2, 0.25) is 0 Å². The van der Waals surface area contributed by atoms with E-state index in [9.17, 15) is 0 Å². The van der Waals surface area contributed by atoms with Crippen molar-refractivity contribution in [2.24, 2.45) is 0 Å². The molecule has 0 saturated carbocycles. The first-order valence-corrected chi connectivity index (χ1v) is 4.14. The molecule has 12 heavy (non-hydrogen) atoms. The van der Waals surface area contributed by atoms with Gasteiger partial charge in [-0.3, -0.25) is 4.46 Å². The van der Waals surface area contributed by atoms with E-state index in [0.717, 1.165) is 0 Å². The standard InChI is InChI=1S/3Na.H3O4P.H2O3Si/c;;;1-5(2,3)4;1-4(2)3/h;;;(H3,1,2,3,4);1-2H/q3*+1;;/p-3. The van der Waals surface area contributed by atoms with Gasteiger partial charge in [-0.05, 0) is 0 Å². The van der Waals surface area contributed by atoms with Crippen LogP contribution in [0.15, 0.2) is 0 Å². The van der Waals surface area contributed by atoms with Crippen LogP contribution in [0.2, 0.25) is 0 Å². The molecule has 0 aromatic heterocycles. The molecule has 12 heteroatoms. The van der Waals surface area contributed by atoms with Gasteiger partial charge in [0.25, 0.3) is 0 Å². The Morgan fingerprint density at radius 1 is 1.00 bits per heavy atom. The predicted octanol–water partition coefficient (Wildman–Crippen LogP) is -13.4. The molecule has 0 bridgehead atoms. The van der Waals surface area contributed by atoms with E-state index in [1.165, 1.54) is 0 Å². The number of phosphoric acid groups is 1. The molecule has 56 valence electrons. The molecule has 0 radical (unpaired) electrons. The maximum Gasteiger partial charge on any atom is 1.00 e. The molecular weight excluding hydrogens is 240 g/mol. The van der Waals surface area contributed by atoms with Crippen LogP contribution in [-0.4, -0.2) is 18.8 Å². The first-order chi connectivity index (χ1) is 3.73. The molecule has 0 aromatic rings. The van der Waals surface area contributed by atoms with Crippen molar-refractivity contribution >= 4 is 17.0 Å². The van der Waals surface area contributed by atoms with Crippen LogP contribution in [0.1, 0.15) is 0 Å². The van der Waals surface area contributed by atoms with Gasteiger partial charge in [-0.25, -0.2) is 0 Å². The van der Waals surface area contributed by atoms with Crippen molar-refractivity contribution in [2.45, 2.75) is 0 Å². The molecule has 0 atom stereocenters. The van der Waals surface area contributed by atoms with E-state index in [0.29, 0.717) is 0 Å². The maximum absolute atomic E-state index is 8.74. The topological polar surface area (TPSA) is 144 Å². The van der Waals surface area contributed by atoms with Crippen molar-refractivity contribution in [3.63, 3.8) is 0 Å². The Morgan fingerprint density at radius 3 is 1.00 bits per heavy atom. The summed E-state index contributed by atoms with van der Waals surface area (Å²) in [6, 6.07) is 0. The van der Waals surface area contributed by atoms with Crippen LogP contribution in [0.5, 0.6) is 0 Å². The molecule has 0 rings (SSSR count). The van der Waals surface area contributed by atoms with Crippen molar-refractivity contribution < 1.29 is 122 Å². The van der Waals surface area contributed by atoms with E-state index in [1.54, 1.807) is 0 Å². The van der Waals surface area contributed by atoms with Crippen molar-refractivity contribution in [3.8, 4) is 0 Å². The molecule has 0 spiro atoms. The molecule has 0 unspecified atom stereocenters. The zero-order valence-electron chi connectivity index (χ0n) is 6.88. The van der Waals surface area contributed by atoms with E-state index in [4.69, 9.17) is 33.3 Å². The van der Waals surface area contributed by atoms with Crippen LogP contribution in [0.25, 0.3) is 0 Å². The molecule has 0 aliphatic rings. The molecule has 0 amide bonds. The van der Waals surface area contributed by atoms with Gasteiger partial charge in [0.05, 0.1) is 0 Å². The summed E-state index contributed by atoms with van der Waals surface area (Å²) in [4.78, 5) is 40.0. The van der Waals surface area contributed by atoms with Gasteiger partial charge in [-0.15, -0.1) is 0 Å². The van der Waals surface area contributed by atoms with Gasteiger partial charge < -0.3 is 28.8 Å². The Labute approximate surface area is 137 Å². The average molecular weight is 242 g/mol. The van der Waals surface area contributed by atoms with Crippen LogP contribution in [0.3, 0.4) is 0 Å². The SMILES string of the molecule is O=P([O-])([O-])[O-].O=[Si](O)O.[Na+].[Na+].[Na+]. The first kappa shape index (κ1) is 29.3. The zero-order valence-corrected chi connectivity index (χ0v) is 14.8. The normalized spacial score (nSPS) is 6.92. The fourth-order valence-corrected chi connectivity index (χ4v) is 0. The van der Waals surface area contributed by atoms with E-state index in [1.807, 2.05) is 0 Å². The molecule has 0 aromatic carbocycles. The summed E-state index contributed by atoms with van der Waals surface area (Å²) in [7, 11) is -8.52. The molecule has 0 fully saturated rings. The largest absolute Gasteiger partial charge is 1.00 e. The van der Waals surface area contributed by atoms with Gasteiger partial charge >= 0.3 is 97.8 Å². The first-order valence-electron chi connectivity index (χ1n) is 1.38. The van der Waals surface area contributed by atoms with Crippen molar-refractivity contribution in [1.82, 2.24) is 0 Å². The second-order valence-electron chi connectivity index (χ2n) is 0.730. The second-order valence-corrected chi connectivity index (χ2v) is 2.19. The zero-order chi connectivity index (χ0) is 8.08. The Morgan fingerprint density at radius 2 is 1.00 bits per heavy atom. The summed E-state index contributed by atoms with van der Waals surface area (Å²) in [5.41, 5.74) is 0. The molecular formula is H2Na3O7PSi. The van der Waals surface area contributed by atoms with Crippen molar-refractivity contribution in [1.29, 1.82) is 0 Å². The summed E-state index contributed by atoms with van der Waals surface area (Å²) in [6.07, 6.45) is 0. The third-order valence-electron chi connectivity index (χ3n) is 0. The van der Waals surface area contributed by atoms with Crippen LogP contribution in [-0.2, 0) is 9.03 Å². The quantitative estimate of drug-likeness (QED) is 0.317. The summed E-state index contributed by atoms with van der Waals surface area (Å²) in [5, 5.41) is 0. The molecule has 0 saturated heterocycles. The van der Waals surface area contributed by atoms with Gasteiger partial charge in [0, 0.05) is 0 Å². The van der Waals surface area contributed by atoms with Crippen molar-refractivity contribution in [2.75, 3.05) is 0 Å². The minimum atomic E-state index is -5.39. The molecule has 0 aliphatic heterocycles. The summed E-state index contributed by atoms with van der Waals surface area (Å²) in [5.74, 6) is 0. The third-order valence-corrected chi connectivity index (χ3v) is 0. The summed E-state index contributed by atoms with van der Waals surface area (Å²) >= 11 is 0. The van der Waals surface area contributed by atoms with E-state index < -0.39 is 17.0 Å². The minimum Gasteiger partial charge on any atom is -0.822 e. The number of hydrogen-bond donors (Lipinski definition) is 2. The Balaban J connectivity index is -0.0000000221. The van der Waals surface area contributed by atoms with E-state index in [-0.39, 0.29) is 88.7 Å². The molecule has 0 heterocycles. The average Bonchev–Trinajstić information content (AvgIpc) is 1.19.